The van der Waals surface area contributed by atoms with Crippen molar-refractivity contribution >= 4 is 5.78 Å². The summed E-state index contributed by atoms with van der Waals surface area (Å²) in [5, 5.41) is 0. The smallest absolute Gasteiger partial charge is 0.196 e. The summed E-state index contributed by atoms with van der Waals surface area (Å²) in [7, 11) is 3.10. The van der Waals surface area contributed by atoms with Gasteiger partial charge in [-0.05, 0) is 36.2 Å². The predicted molar refractivity (Wildman–Crippen MR) is 122 cm³/mol. The molecule has 0 amide bonds. The Morgan fingerprint density at radius 3 is 2.00 bits per heavy atom. The Balaban J connectivity index is 2.01. The molecule has 158 valence electrons. The van der Waals surface area contributed by atoms with E-state index in [2.05, 4.69) is 11.8 Å². The minimum atomic E-state index is -0.779. The summed E-state index contributed by atoms with van der Waals surface area (Å²) in [4.78, 5) is 13.6. The fourth-order valence-electron chi connectivity index (χ4n) is 3.35. The van der Waals surface area contributed by atoms with Gasteiger partial charge in [0.05, 0.1) is 19.8 Å². The molecule has 0 bridgehead atoms. The molecule has 0 aliphatic carbocycles. The molecule has 3 rings (SSSR count). The second-order valence-electron chi connectivity index (χ2n) is 6.89. The zero-order chi connectivity index (χ0) is 22.1. The van der Waals surface area contributed by atoms with Gasteiger partial charge in [0.25, 0.3) is 0 Å². The first-order valence-electron chi connectivity index (χ1n) is 10.1. The van der Waals surface area contributed by atoms with Crippen LogP contribution in [0.2, 0.25) is 0 Å². The largest absolute Gasteiger partial charge is 0.497 e. The lowest BCUT2D eigenvalue weighted by molar-refractivity contribution is 0.0147. The van der Waals surface area contributed by atoms with Gasteiger partial charge in [0.2, 0.25) is 0 Å². The molecule has 3 aromatic rings. The van der Waals surface area contributed by atoms with Crippen molar-refractivity contribution in [1.29, 1.82) is 0 Å². The predicted octanol–water partition coefficient (Wildman–Crippen LogP) is 5.47. The highest BCUT2D eigenvalue weighted by molar-refractivity contribution is 6.02. The van der Waals surface area contributed by atoms with Gasteiger partial charge in [0.1, 0.15) is 23.7 Å². The van der Waals surface area contributed by atoms with Gasteiger partial charge in [-0.25, -0.2) is 0 Å². The number of methoxy groups -OCH3 is 2. The van der Waals surface area contributed by atoms with Crippen LogP contribution in [0.15, 0.2) is 78.9 Å². The summed E-state index contributed by atoms with van der Waals surface area (Å²) in [5.41, 5.74) is 2.34. The number of ether oxygens (including phenoxy) is 3. The lowest BCUT2D eigenvalue weighted by Gasteiger charge is -2.25. The van der Waals surface area contributed by atoms with E-state index in [0.717, 1.165) is 11.1 Å². The minimum Gasteiger partial charge on any atom is -0.497 e. The number of ketones is 1. The van der Waals surface area contributed by atoms with Crippen LogP contribution in [0.5, 0.6) is 11.5 Å². The molecular formula is C27H26O4. The first-order valence-corrected chi connectivity index (χ1v) is 10.1. The van der Waals surface area contributed by atoms with E-state index in [-0.39, 0.29) is 12.2 Å². The third-order valence-electron chi connectivity index (χ3n) is 4.93. The number of hydrogen-bond acceptors (Lipinski definition) is 4. The molecule has 0 spiro atoms. The highest BCUT2D eigenvalue weighted by atomic mass is 16.5. The van der Waals surface area contributed by atoms with Crippen LogP contribution in [-0.4, -0.2) is 26.1 Å². The molecule has 0 saturated heterocycles. The zero-order valence-corrected chi connectivity index (χ0v) is 18.0. The van der Waals surface area contributed by atoms with Crippen LogP contribution in [0.3, 0.4) is 0 Å². The van der Waals surface area contributed by atoms with Crippen molar-refractivity contribution in [1.82, 2.24) is 0 Å². The molecular weight excluding hydrogens is 388 g/mol. The van der Waals surface area contributed by atoms with Crippen molar-refractivity contribution in [3.63, 3.8) is 0 Å². The normalized spacial score (nSPS) is 11.4. The molecule has 0 unspecified atom stereocenters. The van der Waals surface area contributed by atoms with Gasteiger partial charge < -0.3 is 14.2 Å². The topological polar surface area (TPSA) is 44.8 Å². The molecule has 0 radical (unpaired) electrons. The van der Waals surface area contributed by atoms with Crippen molar-refractivity contribution in [2.75, 3.05) is 14.2 Å². The van der Waals surface area contributed by atoms with Crippen LogP contribution in [0.4, 0.5) is 0 Å². The van der Waals surface area contributed by atoms with Crippen molar-refractivity contribution < 1.29 is 19.0 Å². The number of hydrogen-bond donors (Lipinski definition) is 0. The van der Waals surface area contributed by atoms with Crippen LogP contribution in [-0.2, 0) is 4.74 Å². The maximum atomic E-state index is 13.6. The summed E-state index contributed by atoms with van der Waals surface area (Å²) in [6.07, 6.45) is -0.920. The van der Waals surface area contributed by atoms with E-state index in [4.69, 9.17) is 14.2 Å². The Morgan fingerprint density at radius 2 is 1.48 bits per heavy atom. The van der Waals surface area contributed by atoms with Crippen molar-refractivity contribution in [3.8, 4) is 23.3 Å². The zero-order valence-electron chi connectivity index (χ0n) is 18.0. The van der Waals surface area contributed by atoms with Gasteiger partial charge in [-0.3, -0.25) is 4.79 Å². The highest BCUT2D eigenvalue weighted by Gasteiger charge is 2.28. The van der Waals surface area contributed by atoms with E-state index in [9.17, 15) is 4.79 Å². The molecule has 0 N–H and O–H groups in total. The Morgan fingerprint density at radius 1 is 0.871 bits per heavy atom. The first-order chi connectivity index (χ1) is 15.2. The van der Waals surface area contributed by atoms with Crippen molar-refractivity contribution in [2.24, 2.45) is 0 Å². The summed E-state index contributed by atoms with van der Waals surface area (Å²) in [6.45, 7) is 1.75. The third kappa shape index (κ3) is 5.53. The summed E-state index contributed by atoms with van der Waals surface area (Å²) in [5.74, 6) is 6.73. The van der Waals surface area contributed by atoms with Gasteiger partial charge >= 0.3 is 0 Å². The Kier molecular flexibility index (Phi) is 7.86. The molecule has 1 atom stereocenters. The summed E-state index contributed by atoms with van der Waals surface area (Å²) >= 11 is 0. The Hall–Kier alpha value is -3.55. The van der Waals surface area contributed by atoms with E-state index in [1.165, 1.54) is 7.11 Å². The number of benzene rings is 3. The second kappa shape index (κ2) is 11.0. The van der Waals surface area contributed by atoms with Gasteiger partial charge in [0, 0.05) is 6.42 Å². The fourth-order valence-corrected chi connectivity index (χ4v) is 3.35. The summed E-state index contributed by atoms with van der Waals surface area (Å²) < 4.78 is 17.2. The molecule has 0 aliphatic heterocycles. The molecule has 31 heavy (non-hydrogen) atoms. The van der Waals surface area contributed by atoms with Crippen molar-refractivity contribution in [2.45, 2.75) is 25.6 Å². The lowest BCUT2D eigenvalue weighted by atomic mass is 9.99. The minimum absolute atomic E-state index is 0.199. The average Bonchev–Trinajstić information content (AvgIpc) is 2.84. The van der Waals surface area contributed by atoms with Gasteiger partial charge in [-0.1, -0.05) is 60.7 Å². The SMILES string of the molecule is CC#CC[C@H](OC(c1ccccc1)c1ccccc1)C(=O)c1cc(OC)ccc1OC. The van der Waals surface area contributed by atoms with Crippen LogP contribution in [0, 0.1) is 11.8 Å². The molecule has 0 aromatic heterocycles. The van der Waals surface area contributed by atoms with E-state index in [1.54, 1.807) is 32.2 Å². The molecule has 4 nitrogen and oxygen atoms in total. The van der Waals surface area contributed by atoms with Crippen LogP contribution in [0.1, 0.15) is 40.9 Å². The van der Waals surface area contributed by atoms with Gasteiger partial charge in [-0.15, -0.1) is 11.8 Å². The van der Waals surface area contributed by atoms with Gasteiger partial charge in [-0.2, -0.15) is 0 Å². The molecule has 0 aliphatic rings. The highest BCUT2D eigenvalue weighted by Crippen LogP contribution is 2.31. The second-order valence-corrected chi connectivity index (χ2v) is 6.89. The first kappa shape index (κ1) is 22.1. The molecule has 0 heterocycles. The maximum absolute atomic E-state index is 13.6. The Labute approximate surface area is 183 Å². The molecule has 3 aromatic carbocycles. The van der Waals surface area contributed by atoms with E-state index in [1.807, 2.05) is 60.7 Å². The maximum Gasteiger partial charge on any atom is 0.196 e. The van der Waals surface area contributed by atoms with E-state index in [0.29, 0.717) is 17.1 Å². The Bertz CT molecular complexity index is 1010. The number of carbonyl (C=O) groups excluding carboxylic acids is 1. The quantitative estimate of drug-likeness (QED) is 0.344. The number of carbonyl (C=O) groups is 1. The number of Topliss-reactive ketones (excluding diaryl/α,β-unsaturated/α-hetero) is 1. The van der Waals surface area contributed by atoms with E-state index >= 15 is 0 Å². The van der Waals surface area contributed by atoms with Crippen LogP contribution < -0.4 is 9.47 Å². The summed E-state index contributed by atoms with van der Waals surface area (Å²) in [6, 6.07) is 24.9. The molecule has 0 saturated carbocycles. The van der Waals surface area contributed by atoms with Crippen LogP contribution >= 0.6 is 0 Å². The monoisotopic (exact) mass is 414 g/mol. The molecule has 0 fully saturated rings. The third-order valence-corrected chi connectivity index (χ3v) is 4.93. The lowest BCUT2D eigenvalue weighted by Crippen LogP contribution is -2.27. The van der Waals surface area contributed by atoms with E-state index < -0.39 is 12.2 Å². The molecule has 4 heteroatoms. The standard InChI is InChI=1S/C27H26O4/c1-4-5-16-25(26(28)23-19-22(29-2)17-18-24(23)30-3)31-27(20-12-8-6-9-13-20)21-14-10-7-11-15-21/h6-15,17-19,25,27H,16H2,1-3H3/t25-/m0/s1. The van der Waals surface area contributed by atoms with Crippen molar-refractivity contribution in [3.05, 3.63) is 95.6 Å². The van der Waals surface area contributed by atoms with Gasteiger partial charge in [0.15, 0.2) is 5.78 Å². The van der Waals surface area contributed by atoms with Crippen LogP contribution in [0.25, 0.3) is 0 Å². The number of rotatable bonds is 9. The fraction of sp³-hybridized carbons (Fsp3) is 0.222. The average molecular weight is 415 g/mol.